The molecule has 5 atom stereocenters. The third-order valence-electron chi connectivity index (χ3n) is 7.43. The lowest BCUT2D eigenvalue weighted by Gasteiger charge is -2.27. The van der Waals surface area contributed by atoms with Crippen LogP contribution >= 0.6 is 0 Å². The second kappa shape index (κ2) is 11.2. The minimum Gasteiger partial charge on any atom is -0.481 e. The van der Waals surface area contributed by atoms with Crippen LogP contribution in [0.5, 0.6) is 5.88 Å². The van der Waals surface area contributed by atoms with Gasteiger partial charge in [0.15, 0.2) is 17.9 Å². The van der Waals surface area contributed by atoms with Crippen LogP contribution in [0.25, 0.3) is 11.3 Å². The normalized spacial score (nSPS) is 26.0. The number of aromatic nitrogens is 3. The molecule has 6 rings (SSSR count). The molecule has 0 spiro atoms. The summed E-state index contributed by atoms with van der Waals surface area (Å²) in [5.41, 5.74) is 12.9. The van der Waals surface area contributed by atoms with Crippen LogP contribution in [0.4, 0.5) is 10.3 Å². The van der Waals surface area contributed by atoms with E-state index in [0.29, 0.717) is 46.3 Å². The molecule has 3 N–H and O–H groups in total. The van der Waals surface area contributed by atoms with E-state index in [0.717, 1.165) is 5.56 Å². The number of amidine groups is 1. The molecular weight excluding hydrogens is 547 g/mol. The summed E-state index contributed by atoms with van der Waals surface area (Å²) in [6.45, 7) is 5.64. The molecule has 0 aliphatic carbocycles. The zero-order chi connectivity index (χ0) is 29.6. The molecule has 1 aromatic carbocycles. The van der Waals surface area contributed by atoms with Crippen molar-refractivity contribution in [3.8, 4) is 17.1 Å². The highest BCUT2D eigenvalue weighted by Crippen LogP contribution is 2.39. The summed E-state index contributed by atoms with van der Waals surface area (Å²) < 4.78 is 43.3. The van der Waals surface area contributed by atoms with Crippen molar-refractivity contribution in [2.75, 3.05) is 26.6 Å². The Bertz CT molecular complexity index is 1520. The summed E-state index contributed by atoms with van der Waals surface area (Å²) in [5, 5.41) is 0. The van der Waals surface area contributed by atoms with E-state index in [1.54, 1.807) is 31.4 Å². The summed E-state index contributed by atoms with van der Waals surface area (Å²) in [6.07, 6.45) is -1.39. The van der Waals surface area contributed by atoms with Crippen LogP contribution in [-0.2, 0) is 30.2 Å². The summed E-state index contributed by atoms with van der Waals surface area (Å²) in [7, 11) is 3.09. The Labute approximate surface area is 242 Å². The van der Waals surface area contributed by atoms with E-state index in [-0.39, 0.29) is 24.8 Å². The number of nitrogens with two attached hydrogens (primary N) is 1. The SMILES string of the molecule is COc1cccc(-c2cc(F)ccc2[C@H]2Cc3nc(N)nc(C)c3C(NOC[C@H]3O[C@H](OC)[C@@H]4OC(C)(C)O[C@@H]43)=N2)n1. The van der Waals surface area contributed by atoms with Gasteiger partial charge >= 0.3 is 0 Å². The van der Waals surface area contributed by atoms with Gasteiger partial charge in [-0.2, -0.15) is 0 Å². The Hall–Kier alpha value is -3.75. The van der Waals surface area contributed by atoms with E-state index in [4.69, 9.17) is 39.2 Å². The number of pyridine rings is 1. The standard InChI is InChI=1S/C29H33FN6O6/c1-14-23-20(35-28(31)32-14)12-19(16-10-9-15(30)11-17(16)18-7-6-8-22(33-18)37-4)34-26(23)36-39-13-21-24-25(27(38-5)40-21)42-29(2,3)41-24/h6-11,19,21,24-25,27H,12-13H2,1-5H3,(H,34,36)(H2,31,32,35)/t19-,21-,24-,25-,27+/m1/s1. The van der Waals surface area contributed by atoms with Gasteiger partial charge in [0.2, 0.25) is 11.8 Å². The highest BCUT2D eigenvalue weighted by molar-refractivity contribution is 6.01. The first-order chi connectivity index (χ1) is 20.2. The number of nitrogen functional groups attached to an aromatic ring is 1. The first-order valence-corrected chi connectivity index (χ1v) is 13.6. The first-order valence-electron chi connectivity index (χ1n) is 13.6. The predicted octanol–water partition coefficient (Wildman–Crippen LogP) is 3.03. The molecule has 222 valence electrons. The van der Waals surface area contributed by atoms with Gasteiger partial charge in [-0.05, 0) is 44.5 Å². The number of hydrogen-bond acceptors (Lipinski definition) is 12. The number of benzene rings is 1. The molecule has 42 heavy (non-hydrogen) atoms. The van der Waals surface area contributed by atoms with Gasteiger partial charge in [0.1, 0.15) is 30.7 Å². The van der Waals surface area contributed by atoms with Gasteiger partial charge in [0.25, 0.3) is 0 Å². The summed E-state index contributed by atoms with van der Waals surface area (Å²) in [4.78, 5) is 24.3. The Kier molecular flexibility index (Phi) is 7.53. The summed E-state index contributed by atoms with van der Waals surface area (Å²) in [5.74, 6) is -0.181. The second-order valence-corrected chi connectivity index (χ2v) is 10.7. The molecule has 2 aromatic heterocycles. The number of ether oxygens (including phenoxy) is 5. The number of hydrogen-bond donors (Lipinski definition) is 2. The third-order valence-corrected chi connectivity index (χ3v) is 7.43. The molecule has 0 radical (unpaired) electrons. The van der Waals surface area contributed by atoms with Gasteiger partial charge in [-0.15, -0.1) is 0 Å². The van der Waals surface area contributed by atoms with Crippen LogP contribution < -0.4 is 16.0 Å². The lowest BCUT2D eigenvalue weighted by atomic mass is 9.91. The molecular formula is C29H33FN6O6. The number of methoxy groups -OCH3 is 2. The van der Waals surface area contributed by atoms with Crippen LogP contribution in [0.3, 0.4) is 0 Å². The average Bonchev–Trinajstić information content (AvgIpc) is 3.44. The van der Waals surface area contributed by atoms with Crippen molar-refractivity contribution in [3.05, 3.63) is 64.7 Å². The molecule has 0 amide bonds. The molecule has 0 unspecified atom stereocenters. The number of hydroxylamine groups is 1. The van der Waals surface area contributed by atoms with Gasteiger partial charge in [-0.1, -0.05) is 12.1 Å². The second-order valence-electron chi connectivity index (χ2n) is 10.7. The minimum atomic E-state index is -0.764. The molecule has 12 nitrogen and oxygen atoms in total. The molecule has 0 bridgehead atoms. The van der Waals surface area contributed by atoms with Crippen LogP contribution in [0.1, 0.15) is 42.4 Å². The van der Waals surface area contributed by atoms with E-state index >= 15 is 0 Å². The molecule has 3 aliphatic heterocycles. The van der Waals surface area contributed by atoms with Crippen LogP contribution in [0, 0.1) is 12.7 Å². The predicted molar refractivity (Wildman–Crippen MR) is 149 cm³/mol. The van der Waals surface area contributed by atoms with Gasteiger partial charge in [0.05, 0.1) is 35.8 Å². The maximum atomic E-state index is 14.5. The fourth-order valence-corrected chi connectivity index (χ4v) is 5.70. The van der Waals surface area contributed by atoms with Crippen molar-refractivity contribution in [2.45, 2.75) is 63.6 Å². The fourth-order valence-electron chi connectivity index (χ4n) is 5.70. The smallest absolute Gasteiger partial charge is 0.220 e. The van der Waals surface area contributed by atoms with Crippen LogP contribution in [0.15, 0.2) is 41.4 Å². The average molecular weight is 581 g/mol. The van der Waals surface area contributed by atoms with E-state index in [1.165, 1.54) is 19.2 Å². The molecule has 3 aliphatic rings. The lowest BCUT2D eigenvalue weighted by Crippen LogP contribution is -2.38. The molecule has 5 heterocycles. The van der Waals surface area contributed by atoms with Gasteiger partial charge in [-0.25, -0.2) is 24.8 Å². The minimum absolute atomic E-state index is 0.115. The Balaban J connectivity index is 1.30. The highest BCUT2D eigenvalue weighted by atomic mass is 19.1. The fraction of sp³-hybridized carbons (Fsp3) is 0.448. The van der Waals surface area contributed by atoms with E-state index in [2.05, 4.69) is 20.4 Å². The van der Waals surface area contributed by atoms with Crippen molar-refractivity contribution < 1.29 is 32.9 Å². The summed E-state index contributed by atoms with van der Waals surface area (Å²) >= 11 is 0. The van der Waals surface area contributed by atoms with Crippen molar-refractivity contribution in [2.24, 2.45) is 4.99 Å². The highest BCUT2D eigenvalue weighted by Gasteiger charge is 2.55. The number of aryl methyl sites for hydroxylation is 1. The number of fused-ring (bicyclic) bond motifs is 2. The van der Waals surface area contributed by atoms with E-state index < -0.39 is 30.0 Å². The Morgan fingerprint density at radius 1 is 1.10 bits per heavy atom. The van der Waals surface area contributed by atoms with Gasteiger partial charge < -0.3 is 29.4 Å². The maximum Gasteiger partial charge on any atom is 0.220 e. The number of rotatable bonds is 7. The van der Waals surface area contributed by atoms with Crippen molar-refractivity contribution in [1.29, 1.82) is 0 Å². The van der Waals surface area contributed by atoms with Crippen LogP contribution in [-0.4, -0.2) is 72.0 Å². The summed E-state index contributed by atoms with van der Waals surface area (Å²) in [6, 6.07) is 9.42. The maximum absolute atomic E-state index is 14.5. The van der Waals surface area contributed by atoms with E-state index in [9.17, 15) is 4.39 Å². The Morgan fingerprint density at radius 2 is 1.90 bits per heavy atom. The number of aliphatic imine (C=N–C) groups is 1. The number of nitrogens with one attached hydrogen (secondary N) is 1. The number of anilines is 1. The quantitative estimate of drug-likeness (QED) is 0.398. The molecule has 2 saturated heterocycles. The van der Waals surface area contributed by atoms with Gasteiger partial charge in [0, 0.05) is 25.2 Å². The Morgan fingerprint density at radius 3 is 2.69 bits per heavy atom. The third kappa shape index (κ3) is 5.41. The largest absolute Gasteiger partial charge is 0.481 e. The molecule has 3 aromatic rings. The topological polar surface area (TPSA) is 144 Å². The van der Waals surface area contributed by atoms with Crippen molar-refractivity contribution >= 4 is 11.8 Å². The van der Waals surface area contributed by atoms with Gasteiger partial charge in [-0.3, -0.25) is 9.83 Å². The monoisotopic (exact) mass is 580 g/mol. The van der Waals surface area contributed by atoms with Crippen molar-refractivity contribution in [1.82, 2.24) is 20.4 Å². The number of halogens is 1. The number of nitrogens with zero attached hydrogens (tertiary/aromatic N) is 4. The van der Waals surface area contributed by atoms with Crippen LogP contribution in [0.2, 0.25) is 0 Å². The molecule has 2 fully saturated rings. The zero-order valence-electron chi connectivity index (χ0n) is 24.0. The lowest BCUT2D eigenvalue weighted by molar-refractivity contribution is -0.232. The molecule has 0 saturated carbocycles. The first kappa shape index (κ1) is 28.4. The van der Waals surface area contributed by atoms with E-state index in [1.807, 2.05) is 20.8 Å². The zero-order valence-corrected chi connectivity index (χ0v) is 24.0. The van der Waals surface area contributed by atoms with Crippen molar-refractivity contribution in [3.63, 3.8) is 0 Å². The molecule has 13 heteroatoms.